The quantitative estimate of drug-likeness (QED) is 0.628. The van der Waals surface area contributed by atoms with Gasteiger partial charge in [-0.3, -0.25) is 4.98 Å². The fraction of sp³-hybridized carbons (Fsp3) is 0.0909. The Labute approximate surface area is 169 Å². The van der Waals surface area contributed by atoms with E-state index in [9.17, 15) is 0 Å². The van der Waals surface area contributed by atoms with Crippen LogP contribution in [-0.2, 0) is 6.54 Å². The van der Waals surface area contributed by atoms with E-state index in [0.29, 0.717) is 11.7 Å². The highest BCUT2D eigenvalue weighted by Gasteiger charge is 2.13. The van der Waals surface area contributed by atoms with Gasteiger partial charge in [0, 0.05) is 18.4 Å². The molecule has 0 aliphatic carbocycles. The van der Waals surface area contributed by atoms with E-state index in [4.69, 9.17) is 21.7 Å². The average Bonchev–Trinajstić information content (AvgIpc) is 3.20. The first kappa shape index (κ1) is 18.0. The number of rotatable bonds is 5. The van der Waals surface area contributed by atoms with Crippen molar-refractivity contribution in [3.8, 4) is 11.5 Å². The number of thiocarbonyl (C=S) groups is 1. The van der Waals surface area contributed by atoms with Gasteiger partial charge in [0.15, 0.2) is 16.6 Å². The number of pyridine rings is 1. The minimum atomic E-state index is 0.275. The molecule has 0 saturated carbocycles. The Morgan fingerprint density at radius 2 is 1.93 bits per heavy atom. The summed E-state index contributed by atoms with van der Waals surface area (Å²) >= 11 is 5.41. The van der Waals surface area contributed by atoms with Crippen molar-refractivity contribution in [2.75, 3.05) is 12.1 Å². The molecule has 0 bridgehead atoms. The smallest absolute Gasteiger partial charge is 0.231 e. The van der Waals surface area contributed by atoms with Gasteiger partial charge < -0.3 is 20.1 Å². The second-order valence-electron chi connectivity index (χ2n) is 6.21. The minimum Gasteiger partial charge on any atom is -0.454 e. The predicted molar refractivity (Wildman–Crippen MR) is 115 cm³/mol. The summed E-state index contributed by atoms with van der Waals surface area (Å²) in [5.74, 6) is 1.55. The average molecular weight is 389 g/mol. The number of benzene rings is 2. The molecule has 28 heavy (non-hydrogen) atoms. The zero-order valence-corrected chi connectivity index (χ0v) is 15.9. The molecule has 2 aromatic carbocycles. The molecule has 1 aliphatic rings. The summed E-state index contributed by atoms with van der Waals surface area (Å²) in [6, 6.07) is 19.7. The fourth-order valence-electron chi connectivity index (χ4n) is 2.78. The number of anilines is 1. The van der Waals surface area contributed by atoms with Crippen LogP contribution < -0.4 is 20.1 Å². The van der Waals surface area contributed by atoms with Gasteiger partial charge in [-0.05, 0) is 65.8 Å². The topological polar surface area (TPSA) is 55.4 Å². The van der Waals surface area contributed by atoms with Crippen LogP contribution in [0.2, 0.25) is 0 Å². The van der Waals surface area contributed by atoms with Gasteiger partial charge in [0.05, 0.1) is 5.69 Å². The summed E-state index contributed by atoms with van der Waals surface area (Å²) in [4.78, 5) is 4.29. The van der Waals surface area contributed by atoms with Gasteiger partial charge in [0.25, 0.3) is 0 Å². The predicted octanol–water partition coefficient (Wildman–Crippen LogP) is 4.47. The second kappa shape index (κ2) is 8.54. The zero-order chi connectivity index (χ0) is 19.2. The molecule has 0 spiro atoms. The molecule has 1 aromatic heterocycles. The molecule has 0 atom stereocenters. The number of aromatic nitrogens is 1. The van der Waals surface area contributed by atoms with Crippen LogP contribution in [0.15, 0.2) is 66.9 Å². The van der Waals surface area contributed by atoms with Gasteiger partial charge in [0.2, 0.25) is 6.79 Å². The van der Waals surface area contributed by atoms with Gasteiger partial charge in [-0.25, -0.2) is 0 Å². The van der Waals surface area contributed by atoms with Crippen molar-refractivity contribution in [3.05, 3.63) is 83.7 Å². The molecule has 0 unspecified atom stereocenters. The summed E-state index contributed by atoms with van der Waals surface area (Å²) < 4.78 is 10.7. The first-order valence-electron chi connectivity index (χ1n) is 8.89. The third-order valence-electron chi connectivity index (χ3n) is 4.17. The lowest BCUT2D eigenvalue weighted by molar-refractivity contribution is 0.174. The van der Waals surface area contributed by atoms with Gasteiger partial charge >= 0.3 is 0 Å². The molecular weight excluding hydrogens is 370 g/mol. The monoisotopic (exact) mass is 389 g/mol. The molecule has 3 aromatic rings. The van der Waals surface area contributed by atoms with Crippen LogP contribution in [0.5, 0.6) is 11.5 Å². The maximum absolute atomic E-state index is 5.41. The molecule has 4 rings (SSSR count). The summed E-state index contributed by atoms with van der Waals surface area (Å²) in [6.07, 6.45) is 5.79. The van der Waals surface area contributed by atoms with Gasteiger partial charge in [-0.1, -0.05) is 30.3 Å². The van der Waals surface area contributed by atoms with Crippen LogP contribution in [0.1, 0.15) is 16.8 Å². The largest absolute Gasteiger partial charge is 0.454 e. The van der Waals surface area contributed by atoms with Crippen molar-refractivity contribution in [1.29, 1.82) is 0 Å². The Morgan fingerprint density at radius 1 is 1.00 bits per heavy atom. The highest BCUT2D eigenvalue weighted by atomic mass is 32.1. The van der Waals surface area contributed by atoms with Crippen molar-refractivity contribution < 1.29 is 9.47 Å². The number of hydrogen-bond acceptors (Lipinski definition) is 4. The molecule has 0 fully saturated rings. The van der Waals surface area contributed by atoms with Crippen molar-refractivity contribution in [3.63, 3.8) is 0 Å². The van der Waals surface area contributed by atoms with E-state index in [1.807, 2.05) is 72.8 Å². The number of hydrogen-bond donors (Lipinski definition) is 2. The van der Waals surface area contributed by atoms with E-state index in [2.05, 4.69) is 15.6 Å². The van der Waals surface area contributed by atoms with Crippen molar-refractivity contribution >= 4 is 35.2 Å². The van der Waals surface area contributed by atoms with Gasteiger partial charge in [-0.2, -0.15) is 0 Å². The number of ether oxygens (including phenoxy) is 2. The Morgan fingerprint density at radius 3 is 2.82 bits per heavy atom. The Bertz CT molecular complexity index is 1010. The zero-order valence-electron chi connectivity index (χ0n) is 15.1. The highest BCUT2D eigenvalue weighted by Crippen LogP contribution is 2.32. The number of fused-ring (bicyclic) bond motifs is 1. The third-order valence-corrected chi connectivity index (χ3v) is 4.42. The summed E-state index contributed by atoms with van der Waals surface area (Å²) in [7, 11) is 0. The molecule has 0 saturated heterocycles. The van der Waals surface area contributed by atoms with Gasteiger partial charge in [-0.15, -0.1) is 0 Å². The van der Waals surface area contributed by atoms with E-state index in [0.717, 1.165) is 34.0 Å². The lowest BCUT2D eigenvalue weighted by Crippen LogP contribution is -2.27. The highest BCUT2D eigenvalue weighted by molar-refractivity contribution is 7.80. The standard InChI is InChI=1S/C22H19N3O2S/c28-22(24-14-17-8-10-20-21(13-17)27-15-26-20)25-19-6-3-4-16(12-19)7-9-18-5-1-2-11-23-18/h1-13H,14-15H2,(H2,24,25,28)/b9-7+. The van der Waals surface area contributed by atoms with Crippen LogP contribution in [0.3, 0.4) is 0 Å². The summed E-state index contributed by atoms with van der Waals surface area (Å²) in [6.45, 7) is 0.874. The molecule has 5 nitrogen and oxygen atoms in total. The maximum atomic E-state index is 5.41. The molecule has 0 radical (unpaired) electrons. The molecule has 0 amide bonds. The molecule has 1 aliphatic heterocycles. The summed E-state index contributed by atoms with van der Waals surface area (Å²) in [5, 5.41) is 6.99. The van der Waals surface area contributed by atoms with E-state index >= 15 is 0 Å². The van der Waals surface area contributed by atoms with Crippen molar-refractivity contribution in [2.24, 2.45) is 0 Å². The fourth-order valence-corrected chi connectivity index (χ4v) is 2.97. The van der Waals surface area contributed by atoms with Crippen molar-refractivity contribution in [1.82, 2.24) is 10.3 Å². The Balaban J connectivity index is 1.33. The molecule has 6 heteroatoms. The normalized spacial score (nSPS) is 12.1. The van der Waals surface area contributed by atoms with Crippen LogP contribution in [0.4, 0.5) is 5.69 Å². The molecule has 2 N–H and O–H groups in total. The van der Waals surface area contributed by atoms with E-state index in [1.54, 1.807) is 6.20 Å². The summed E-state index contributed by atoms with van der Waals surface area (Å²) in [5.41, 5.74) is 3.97. The number of nitrogens with zero attached hydrogens (tertiary/aromatic N) is 1. The number of nitrogens with one attached hydrogen (secondary N) is 2. The van der Waals surface area contributed by atoms with Crippen LogP contribution in [-0.4, -0.2) is 16.9 Å². The first-order valence-corrected chi connectivity index (χ1v) is 9.30. The second-order valence-corrected chi connectivity index (χ2v) is 6.62. The van der Waals surface area contributed by atoms with E-state index < -0.39 is 0 Å². The third kappa shape index (κ3) is 4.66. The van der Waals surface area contributed by atoms with Crippen LogP contribution in [0, 0.1) is 0 Å². The van der Waals surface area contributed by atoms with Crippen LogP contribution >= 0.6 is 12.2 Å². The lowest BCUT2D eigenvalue weighted by Gasteiger charge is -2.11. The molecular formula is C22H19N3O2S. The Kier molecular flexibility index (Phi) is 5.49. The lowest BCUT2D eigenvalue weighted by atomic mass is 10.1. The van der Waals surface area contributed by atoms with E-state index in [1.165, 1.54) is 0 Å². The van der Waals surface area contributed by atoms with Crippen molar-refractivity contribution in [2.45, 2.75) is 6.54 Å². The van der Waals surface area contributed by atoms with Crippen LogP contribution in [0.25, 0.3) is 12.2 Å². The molecule has 140 valence electrons. The minimum absolute atomic E-state index is 0.275. The van der Waals surface area contributed by atoms with Gasteiger partial charge in [0.1, 0.15) is 0 Å². The van der Waals surface area contributed by atoms with E-state index in [-0.39, 0.29) is 6.79 Å². The SMILES string of the molecule is S=C(NCc1ccc2c(c1)OCO2)Nc1cccc(/C=C/c2ccccn2)c1. The Hall–Kier alpha value is -3.38. The molecule has 2 heterocycles. The maximum Gasteiger partial charge on any atom is 0.231 e. The first-order chi connectivity index (χ1) is 13.8.